The summed E-state index contributed by atoms with van der Waals surface area (Å²) in [6.45, 7) is 22.8. The Morgan fingerprint density at radius 3 is 2.02 bits per heavy atom. The molecule has 1 unspecified atom stereocenters. The Balaban J connectivity index is 0.000000566. The van der Waals surface area contributed by atoms with Gasteiger partial charge in [0.2, 0.25) is 0 Å². The lowest BCUT2D eigenvalue weighted by Gasteiger charge is -2.30. The van der Waals surface area contributed by atoms with Crippen molar-refractivity contribution >= 4 is 43.3 Å². The average molecular weight is 795 g/mol. The summed E-state index contributed by atoms with van der Waals surface area (Å²) in [5, 5.41) is 8.90. The number of anilines is 1. The van der Waals surface area contributed by atoms with Crippen molar-refractivity contribution in [3.8, 4) is 0 Å². The van der Waals surface area contributed by atoms with E-state index in [1.807, 2.05) is 109 Å². The number of hydrogen-bond acceptors (Lipinski definition) is 3. The van der Waals surface area contributed by atoms with Crippen molar-refractivity contribution in [3.63, 3.8) is 0 Å². The molecule has 4 nitrogen and oxygen atoms in total. The largest absolute Gasteiger partial charge is 0.362 e. The summed E-state index contributed by atoms with van der Waals surface area (Å²) in [4.78, 5) is 0. The second kappa shape index (κ2) is 25.8. The highest BCUT2D eigenvalue weighted by Crippen LogP contribution is 2.46. The Bertz CT molecular complexity index is 2220. The van der Waals surface area contributed by atoms with E-state index >= 15 is 0 Å². The quantitative estimate of drug-likeness (QED) is 0.0922. The van der Waals surface area contributed by atoms with Crippen LogP contribution in [0.4, 0.5) is 5.69 Å². The number of rotatable bonds is 11. The van der Waals surface area contributed by atoms with Gasteiger partial charge in [0.05, 0.1) is 17.2 Å². The minimum Gasteiger partial charge on any atom is -0.362 e. The maximum atomic E-state index is 6.06. The predicted molar refractivity (Wildman–Crippen MR) is 267 cm³/mol. The van der Waals surface area contributed by atoms with Crippen LogP contribution in [0.2, 0.25) is 0 Å². The Morgan fingerprint density at radius 1 is 0.776 bits per heavy atom. The summed E-state index contributed by atoms with van der Waals surface area (Å²) in [6.07, 6.45) is 28.5. The second-order valence-electron chi connectivity index (χ2n) is 14.0. The summed E-state index contributed by atoms with van der Waals surface area (Å²) in [7, 11) is 0.861. The van der Waals surface area contributed by atoms with Crippen LogP contribution in [0.15, 0.2) is 188 Å². The van der Waals surface area contributed by atoms with E-state index in [0.29, 0.717) is 0 Å². The molecule has 0 spiro atoms. The van der Waals surface area contributed by atoms with Crippen molar-refractivity contribution in [2.45, 2.75) is 61.1 Å². The molecule has 4 N–H and O–H groups in total. The van der Waals surface area contributed by atoms with Crippen LogP contribution in [0.25, 0.3) is 27.4 Å². The molecule has 0 amide bonds. The first-order valence-corrected chi connectivity index (χ1v) is 23.2. The van der Waals surface area contributed by atoms with Gasteiger partial charge in [0.25, 0.3) is 0 Å². The zero-order chi connectivity index (χ0) is 43.1. The van der Waals surface area contributed by atoms with Gasteiger partial charge in [-0.05, 0) is 123 Å². The lowest BCUT2D eigenvalue weighted by Crippen LogP contribution is -2.24. The van der Waals surface area contributed by atoms with E-state index in [1.54, 1.807) is 0 Å². The van der Waals surface area contributed by atoms with Gasteiger partial charge in [0.15, 0.2) is 0 Å². The number of aryl methyl sites for hydroxylation is 1. The summed E-state index contributed by atoms with van der Waals surface area (Å²) < 4.78 is 2.52. The number of benzene rings is 4. The van der Waals surface area contributed by atoms with Gasteiger partial charge in [-0.3, -0.25) is 0 Å². The third-order valence-corrected chi connectivity index (χ3v) is 10.3. The van der Waals surface area contributed by atoms with Crippen molar-refractivity contribution in [3.05, 3.63) is 205 Å². The Hall–Kier alpha value is -5.33. The topological polar surface area (TPSA) is 55.0 Å². The number of fused-ring (bicyclic) bond motifs is 3. The van der Waals surface area contributed by atoms with Crippen molar-refractivity contribution < 1.29 is 0 Å². The van der Waals surface area contributed by atoms with E-state index in [-0.39, 0.29) is 6.17 Å². The number of nitrogens with one attached hydrogen (secondary N) is 2. The molecule has 1 heterocycles. The van der Waals surface area contributed by atoms with Crippen molar-refractivity contribution in [2.75, 3.05) is 31.1 Å². The van der Waals surface area contributed by atoms with Crippen molar-refractivity contribution in [1.29, 1.82) is 0 Å². The third kappa shape index (κ3) is 15.2. The maximum Gasteiger partial charge on any atom is 0.0808 e. The van der Waals surface area contributed by atoms with E-state index in [1.165, 1.54) is 39.4 Å². The van der Waals surface area contributed by atoms with Crippen LogP contribution in [0.5, 0.6) is 0 Å². The number of allylic oxidation sites excluding steroid dienone is 13. The van der Waals surface area contributed by atoms with Gasteiger partial charge in [0.1, 0.15) is 0 Å². The SMILES string of the molecule is C=C(/C=C\C=C/Nc1cccc(C(N)NC)c1)C(=C)/C=C(\C=C/C)c1ccc2c(c1)c1ccccc1n2S(C)(C)C.CC.CC.CC1=CC=CC1.Cc1ccccc1. The van der Waals surface area contributed by atoms with Crippen LogP contribution in [0.3, 0.4) is 0 Å². The summed E-state index contributed by atoms with van der Waals surface area (Å²) in [6, 6.07) is 33.8. The first-order chi connectivity index (χ1) is 27.9. The number of nitrogens with two attached hydrogens (primary N) is 1. The molecular formula is C53H70N4S. The Labute approximate surface area is 353 Å². The molecule has 5 aromatic rings. The van der Waals surface area contributed by atoms with Gasteiger partial charge in [-0.1, -0.05) is 161 Å². The number of nitrogens with zero attached hydrogens (tertiary/aromatic N) is 1. The molecule has 6 rings (SSSR count). The molecule has 1 aliphatic carbocycles. The van der Waals surface area contributed by atoms with E-state index in [4.69, 9.17) is 5.73 Å². The number of hydrogen-bond donors (Lipinski definition) is 3. The third-order valence-electron chi connectivity index (χ3n) is 8.81. The highest BCUT2D eigenvalue weighted by atomic mass is 32.3. The van der Waals surface area contributed by atoms with Crippen LogP contribution < -0.4 is 16.4 Å². The molecule has 0 saturated heterocycles. The lowest BCUT2D eigenvalue weighted by atomic mass is 9.98. The number of para-hydroxylation sites is 1. The van der Waals surface area contributed by atoms with Gasteiger partial charge < -0.3 is 20.3 Å². The minimum absolute atomic E-state index is 0.192. The zero-order valence-electron chi connectivity index (χ0n) is 37.1. The second-order valence-corrected chi connectivity index (χ2v) is 17.9. The summed E-state index contributed by atoms with van der Waals surface area (Å²) in [5.74, 6) is 0. The highest BCUT2D eigenvalue weighted by molar-refractivity contribution is 8.31. The van der Waals surface area contributed by atoms with Crippen LogP contribution >= 0.6 is 10.2 Å². The molecule has 1 aromatic heterocycles. The van der Waals surface area contributed by atoms with Crippen LogP contribution in [-0.2, 0) is 0 Å². The van der Waals surface area contributed by atoms with Crippen molar-refractivity contribution in [2.24, 2.45) is 5.73 Å². The van der Waals surface area contributed by atoms with E-state index in [9.17, 15) is 0 Å². The standard InChI is InChI=1S/C36H42N4S.C7H8.C6H8.2C2H6/c1-8-14-28(29-20-21-35-33(25-29)32-18-9-10-19-34(32)40(35)41(5,6)7)23-27(3)26(2)15-11-12-22-39-31-17-13-16-30(24-31)36(37)38-4;1-7-5-3-2-4-6-7;1-6-4-2-3-5-6;2*1-2/h8-25,36,38-39H,2-3,37H2,1,4-7H3;2-6H,1H3;2-4H,5H2,1H3;2*1-2H3/b14-8-,15-11-,22-12-,28-23+;;;;. The molecule has 0 aliphatic heterocycles. The number of aromatic nitrogens is 1. The van der Waals surface area contributed by atoms with Gasteiger partial charge in [-0.25, -0.2) is 0 Å². The fourth-order valence-corrected chi connectivity index (χ4v) is 7.45. The molecule has 1 aliphatic rings. The maximum absolute atomic E-state index is 6.06. The molecule has 0 radical (unpaired) electrons. The molecule has 1 atom stereocenters. The van der Waals surface area contributed by atoms with Crippen molar-refractivity contribution in [1.82, 2.24) is 9.29 Å². The van der Waals surface area contributed by atoms with Crippen LogP contribution in [-0.4, -0.2) is 29.8 Å². The molecular weight excluding hydrogens is 725 g/mol. The fourth-order valence-electron chi connectivity index (χ4n) is 5.95. The fraction of sp³-hybridized carbons (Fsp3) is 0.245. The lowest BCUT2D eigenvalue weighted by molar-refractivity contribution is 0.622. The molecule has 58 heavy (non-hydrogen) atoms. The molecule has 4 aromatic carbocycles. The Morgan fingerprint density at radius 2 is 1.45 bits per heavy atom. The van der Waals surface area contributed by atoms with E-state index in [2.05, 4.69) is 151 Å². The molecule has 0 saturated carbocycles. The Kier molecular flexibility index (Phi) is 21.7. The van der Waals surface area contributed by atoms with Crippen LogP contribution in [0.1, 0.15) is 70.8 Å². The van der Waals surface area contributed by atoms with Crippen LogP contribution in [0, 0.1) is 6.92 Å². The first kappa shape index (κ1) is 48.8. The monoisotopic (exact) mass is 795 g/mol. The smallest absolute Gasteiger partial charge is 0.0808 e. The normalized spacial score (nSPS) is 13.1. The predicted octanol–water partition coefficient (Wildman–Crippen LogP) is 14.6. The van der Waals surface area contributed by atoms with E-state index in [0.717, 1.165) is 33.5 Å². The van der Waals surface area contributed by atoms with Gasteiger partial charge in [-0.2, -0.15) is 10.2 Å². The van der Waals surface area contributed by atoms with Gasteiger partial charge in [0, 0.05) is 22.7 Å². The van der Waals surface area contributed by atoms with Gasteiger partial charge in [-0.15, -0.1) is 0 Å². The van der Waals surface area contributed by atoms with E-state index < -0.39 is 10.2 Å². The molecule has 0 fully saturated rings. The molecule has 308 valence electrons. The first-order valence-electron chi connectivity index (χ1n) is 20.3. The molecule has 5 heteroatoms. The minimum atomic E-state index is -0.985. The average Bonchev–Trinajstić information content (AvgIpc) is 3.86. The molecule has 0 bridgehead atoms. The summed E-state index contributed by atoms with van der Waals surface area (Å²) in [5.41, 5.74) is 17.4. The summed E-state index contributed by atoms with van der Waals surface area (Å²) >= 11 is 0. The highest BCUT2D eigenvalue weighted by Gasteiger charge is 2.17. The zero-order valence-corrected chi connectivity index (χ0v) is 38.0. The van der Waals surface area contributed by atoms with Gasteiger partial charge >= 0.3 is 0 Å².